The largest absolute Gasteiger partial charge is 0.437 e. The topological polar surface area (TPSA) is 104 Å². The van der Waals surface area contributed by atoms with Crippen molar-refractivity contribution < 1.29 is 14.4 Å². The minimum atomic E-state index is -2.13. The molecule has 0 aliphatic carbocycles. The van der Waals surface area contributed by atoms with Gasteiger partial charge in [-0.2, -0.15) is 0 Å². The molecular formula is C14H25BN3O3P. The Morgan fingerprint density at radius 2 is 2.14 bits per heavy atom. The molecule has 5 N–H and O–H groups in total. The molecule has 0 heterocycles. The fourth-order valence-electron chi connectivity index (χ4n) is 2.06. The number of carbonyl (C=O) groups is 1. The van der Waals surface area contributed by atoms with Gasteiger partial charge in [-0.1, -0.05) is 12.1 Å². The number of anilines is 1. The first-order chi connectivity index (χ1) is 10.2. The molecule has 0 aromatic heterocycles. The Hall–Kier alpha value is -1.30. The van der Waals surface area contributed by atoms with E-state index in [0.29, 0.717) is 18.4 Å². The average Bonchev–Trinajstić information content (AvgIpc) is 2.35. The lowest BCUT2D eigenvalue weighted by molar-refractivity contribution is -0.121. The van der Waals surface area contributed by atoms with Gasteiger partial charge >= 0.3 is 7.05 Å². The molecule has 1 rings (SSSR count). The number of nitrogens with one attached hydrogen (secondary N) is 2. The number of amides is 1. The van der Waals surface area contributed by atoms with Crippen molar-refractivity contribution in [2.45, 2.75) is 19.3 Å². The Morgan fingerprint density at radius 1 is 1.45 bits per heavy atom. The van der Waals surface area contributed by atoms with E-state index >= 15 is 0 Å². The first-order valence-corrected chi connectivity index (χ1v) is 10.1. The molecule has 1 aromatic carbocycles. The van der Waals surface area contributed by atoms with Gasteiger partial charge in [-0.25, -0.2) is 0 Å². The van der Waals surface area contributed by atoms with E-state index in [-0.39, 0.29) is 18.4 Å². The van der Waals surface area contributed by atoms with Crippen LogP contribution in [-0.4, -0.2) is 44.0 Å². The van der Waals surface area contributed by atoms with E-state index in [9.17, 15) is 14.4 Å². The van der Waals surface area contributed by atoms with Crippen LogP contribution in [0.1, 0.15) is 18.0 Å². The van der Waals surface area contributed by atoms with Gasteiger partial charge in [0.05, 0.1) is 7.14 Å². The van der Waals surface area contributed by atoms with Gasteiger partial charge in [0, 0.05) is 30.9 Å². The molecule has 0 unspecified atom stereocenters. The number of nitrogen functional groups attached to an aromatic ring is 1. The molecule has 0 radical (unpaired) electrons. The highest BCUT2D eigenvalue weighted by molar-refractivity contribution is 7.62. The second-order valence-electron chi connectivity index (χ2n) is 5.92. The van der Waals surface area contributed by atoms with E-state index in [0.717, 1.165) is 5.56 Å². The Balaban J connectivity index is 2.65. The highest BCUT2D eigenvalue weighted by atomic mass is 31.2. The van der Waals surface area contributed by atoms with Crippen molar-refractivity contribution in [3.8, 4) is 0 Å². The van der Waals surface area contributed by atoms with Crippen LogP contribution in [0.3, 0.4) is 0 Å². The van der Waals surface area contributed by atoms with Crippen LogP contribution in [0.2, 0.25) is 6.82 Å². The zero-order valence-corrected chi connectivity index (χ0v) is 14.3. The van der Waals surface area contributed by atoms with Crippen molar-refractivity contribution in [1.82, 2.24) is 10.5 Å². The van der Waals surface area contributed by atoms with E-state index in [4.69, 9.17) is 5.73 Å². The molecule has 0 aliphatic heterocycles. The molecule has 22 heavy (non-hydrogen) atoms. The quantitative estimate of drug-likeness (QED) is 0.326. The van der Waals surface area contributed by atoms with Crippen LogP contribution in [0.4, 0.5) is 5.69 Å². The summed E-state index contributed by atoms with van der Waals surface area (Å²) in [6.45, 7) is 5.39. The van der Waals surface area contributed by atoms with Crippen LogP contribution in [0, 0.1) is 0 Å². The Bertz CT molecular complexity index is 548. The van der Waals surface area contributed by atoms with Crippen molar-refractivity contribution in [3.63, 3.8) is 0 Å². The monoisotopic (exact) mass is 325 g/mol. The van der Waals surface area contributed by atoms with Gasteiger partial charge < -0.3 is 25.9 Å². The number of benzene rings is 1. The van der Waals surface area contributed by atoms with E-state index < -0.39 is 14.2 Å². The normalized spacial score (nSPS) is 12.7. The Morgan fingerprint density at radius 3 is 2.68 bits per heavy atom. The number of carbonyl (C=O) groups excluding carboxylic acids is 1. The van der Waals surface area contributed by atoms with E-state index in [2.05, 4.69) is 10.5 Å². The molecule has 0 fully saturated rings. The number of rotatable bonds is 8. The van der Waals surface area contributed by atoms with Gasteiger partial charge in [0.15, 0.2) is 0 Å². The summed E-state index contributed by atoms with van der Waals surface area (Å²) in [6.07, 6.45) is 0.650. The smallest absolute Gasteiger partial charge is 0.374 e. The fourth-order valence-corrected chi connectivity index (χ4v) is 2.71. The van der Waals surface area contributed by atoms with Crippen LogP contribution < -0.4 is 16.3 Å². The minimum Gasteiger partial charge on any atom is -0.437 e. The molecule has 122 valence electrons. The molecule has 1 atom stereocenters. The van der Waals surface area contributed by atoms with Crippen LogP contribution in [-0.2, 0) is 9.36 Å². The maximum atomic E-state index is 12.0. The summed E-state index contributed by atoms with van der Waals surface area (Å²) in [6, 6.07) is 6.88. The predicted octanol–water partition coefficient (Wildman–Crippen LogP) is 1.14. The Labute approximate surface area is 132 Å². The van der Waals surface area contributed by atoms with Gasteiger partial charge in [-0.15, -0.1) is 0 Å². The lowest BCUT2D eigenvalue weighted by atomic mass is 9.85. The molecule has 8 heteroatoms. The maximum absolute atomic E-state index is 12.0. The van der Waals surface area contributed by atoms with E-state index in [1.807, 2.05) is 12.1 Å². The molecule has 0 saturated carbocycles. The molecule has 0 saturated heterocycles. The standard InChI is InChI=1S/C14H25BN3O3P/c1-15(20)18-13(11-5-4-6-12(16)9-11)10-14(19)17-7-8-22(2,3)21/h4-6,9,13,18,20H,7-8,10,16H2,1-3H3,(H,17,19)/t13-/m0/s1. The third kappa shape index (κ3) is 7.64. The predicted molar refractivity (Wildman–Crippen MR) is 92.5 cm³/mol. The molecule has 1 amide bonds. The highest BCUT2D eigenvalue weighted by Crippen LogP contribution is 2.34. The summed E-state index contributed by atoms with van der Waals surface area (Å²) in [5.74, 6) is -0.158. The first kappa shape index (κ1) is 18.8. The summed E-state index contributed by atoms with van der Waals surface area (Å²) in [4.78, 5) is 12.0. The fraction of sp³-hybridized carbons (Fsp3) is 0.500. The third-order valence-corrected chi connectivity index (χ3v) is 4.42. The van der Waals surface area contributed by atoms with Crippen molar-refractivity contribution >= 4 is 25.8 Å². The van der Waals surface area contributed by atoms with Crippen molar-refractivity contribution in [1.29, 1.82) is 0 Å². The van der Waals surface area contributed by atoms with Gasteiger partial charge in [0.2, 0.25) is 5.91 Å². The zero-order chi connectivity index (χ0) is 16.8. The van der Waals surface area contributed by atoms with Gasteiger partial charge in [-0.05, 0) is 37.8 Å². The van der Waals surface area contributed by atoms with Gasteiger partial charge in [-0.3, -0.25) is 4.79 Å². The SMILES string of the molecule is CB(O)N[C@@H](CC(=O)NCCP(C)(C)=O)c1cccc(N)c1. The second kappa shape index (κ2) is 8.37. The maximum Gasteiger partial charge on any atom is 0.374 e. The van der Waals surface area contributed by atoms with Crippen LogP contribution in [0.5, 0.6) is 0 Å². The molecular weight excluding hydrogens is 300 g/mol. The summed E-state index contributed by atoms with van der Waals surface area (Å²) < 4.78 is 11.6. The van der Waals surface area contributed by atoms with Crippen LogP contribution in [0.15, 0.2) is 24.3 Å². The van der Waals surface area contributed by atoms with Crippen LogP contribution >= 0.6 is 7.14 Å². The second-order valence-corrected chi connectivity index (χ2v) is 9.51. The molecule has 0 spiro atoms. The number of nitrogens with two attached hydrogens (primary N) is 1. The average molecular weight is 325 g/mol. The lowest BCUT2D eigenvalue weighted by Crippen LogP contribution is -2.38. The van der Waals surface area contributed by atoms with E-state index in [1.54, 1.807) is 32.3 Å². The molecule has 1 aromatic rings. The third-order valence-electron chi connectivity index (χ3n) is 3.12. The first-order valence-electron chi connectivity index (χ1n) is 7.27. The summed E-state index contributed by atoms with van der Waals surface area (Å²) in [5, 5.41) is 15.2. The summed E-state index contributed by atoms with van der Waals surface area (Å²) >= 11 is 0. The minimum absolute atomic E-state index is 0.158. The van der Waals surface area contributed by atoms with Crippen molar-refractivity contribution in [2.75, 3.05) is 31.8 Å². The van der Waals surface area contributed by atoms with Crippen LogP contribution in [0.25, 0.3) is 0 Å². The molecule has 0 aliphatic rings. The number of hydrogen-bond acceptors (Lipinski definition) is 5. The van der Waals surface area contributed by atoms with E-state index in [1.165, 1.54) is 0 Å². The molecule has 6 nitrogen and oxygen atoms in total. The summed E-state index contributed by atoms with van der Waals surface area (Å²) in [7, 11) is -2.87. The highest BCUT2D eigenvalue weighted by Gasteiger charge is 2.19. The zero-order valence-electron chi connectivity index (χ0n) is 13.4. The lowest BCUT2D eigenvalue weighted by Gasteiger charge is -2.20. The van der Waals surface area contributed by atoms with Gasteiger partial charge in [0.1, 0.15) is 0 Å². The molecule has 0 bridgehead atoms. The number of hydrogen-bond donors (Lipinski definition) is 4. The summed E-state index contributed by atoms with van der Waals surface area (Å²) in [5.41, 5.74) is 7.21. The van der Waals surface area contributed by atoms with Gasteiger partial charge in [0.25, 0.3) is 0 Å². The van der Waals surface area contributed by atoms with Crippen molar-refractivity contribution in [3.05, 3.63) is 29.8 Å². The van der Waals surface area contributed by atoms with Crippen molar-refractivity contribution in [2.24, 2.45) is 0 Å². The Kier molecular flexibility index (Phi) is 7.13.